The van der Waals surface area contributed by atoms with Crippen molar-refractivity contribution in [1.29, 1.82) is 0 Å². The Bertz CT molecular complexity index is 149. The third-order valence-electron chi connectivity index (χ3n) is 1.59. The van der Waals surface area contributed by atoms with Crippen LogP contribution in [0.4, 0.5) is 0 Å². The first-order chi connectivity index (χ1) is 5.37. The van der Waals surface area contributed by atoms with Gasteiger partial charge in [0.1, 0.15) is 6.04 Å². The lowest BCUT2D eigenvalue weighted by Gasteiger charge is -2.21. The third-order valence-corrected chi connectivity index (χ3v) is 1.59. The summed E-state index contributed by atoms with van der Waals surface area (Å²) in [5.41, 5.74) is 0.142. The monoisotopic (exact) mass is 173 g/mol. The van der Waals surface area contributed by atoms with E-state index in [4.69, 9.17) is 5.11 Å². The quantitative estimate of drug-likeness (QED) is 0.677. The van der Waals surface area contributed by atoms with Crippen molar-refractivity contribution in [3.63, 3.8) is 0 Å². The second-order valence-electron chi connectivity index (χ2n) is 4.24. The van der Waals surface area contributed by atoms with Gasteiger partial charge in [-0.15, -0.1) is 0 Å². The fraction of sp³-hybridized carbons (Fsp3) is 0.889. The Labute approximate surface area is 74.2 Å². The molecule has 0 radical (unpaired) electrons. The zero-order chi connectivity index (χ0) is 9.78. The van der Waals surface area contributed by atoms with Crippen LogP contribution >= 0.6 is 0 Å². The summed E-state index contributed by atoms with van der Waals surface area (Å²) in [6.45, 7) is 8.84. The summed E-state index contributed by atoms with van der Waals surface area (Å²) in [6, 6.07) is -0.399. The Hall–Kier alpha value is -0.570. The van der Waals surface area contributed by atoms with E-state index < -0.39 is 12.0 Å². The molecule has 72 valence electrons. The van der Waals surface area contributed by atoms with E-state index in [0.29, 0.717) is 6.42 Å². The second kappa shape index (κ2) is 4.45. The predicted molar refractivity (Wildman–Crippen MR) is 49.2 cm³/mol. The molecule has 0 saturated heterocycles. The maximum Gasteiger partial charge on any atom is 0.320 e. The SMILES string of the molecule is CC[C@H](NCC(C)(C)C)C(=O)O. The van der Waals surface area contributed by atoms with Crippen molar-refractivity contribution in [2.24, 2.45) is 5.41 Å². The Balaban J connectivity index is 3.81. The van der Waals surface area contributed by atoms with E-state index in [1.165, 1.54) is 0 Å². The molecule has 0 aromatic rings. The number of aliphatic carboxylic acids is 1. The fourth-order valence-corrected chi connectivity index (χ4v) is 0.836. The first-order valence-electron chi connectivity index (χ1n) is 4.33. The van der Waals surface area contributed by atoms with Crippen LogP contribution in [0.5, 0.6) is 0 Å². The molecule has 0 unspecified atom stereocenters. The Morgan fingerprint density at radius 1 is 1.50 bits per heavy atom. The van der Waals surface area contributed by atoms with Crippen molar-refractivity contribution in [2.75, 3.05) is 6.54 Å². The number of carbonyl (C=O) groups is 1. The molecule has 0 fully saturated rings. The van der Waals surface area contributed by atoms with Crippen molar-refractivity contribution in [3.8, 4) is 0 Å². The van der Waals surface area contributed by atoms with Crippen LogP contribution in [0.15, 0.2) is 0 Å². The van der Waals surface area contributed by atoms with E-state index in [2.05, 4.69) is 26.1 Å². The number of nitrogens with one attached hydrogen (secondary N) is 1. The lowest BCUT2D eigenvalue weighted by molar-refractivity contribution is -0.139. The molecule has 3 nitrogen and oxygen atoms in total. The lowest BCUT2D eigenvalue weighted by Crippen LogP contribution is -2.40. The number of carboxylic acids is 1. The molecule has 12 heavy (non-hydrogen) atoms. The van der Waals surface area contributed by atoms with Gasteiger partial charge in [-0.25, -0.2) is 0 Å². The van der Waals surface area contributed by atoms with E-state index in [1.54, 1.807) is 0 Å². The molecule has 2 N–H and O–H groups in total. The molecule has 0 rings (SSSR count). The summed E-state index contributed by atoms with van der Waals surface area (Å²) in [5, 5.41) is 11.7. The van der Waals surface area contributed by atoms with Crippen LogP contribution in [0.2, 0.25) is 0 Å². The van der Waals surface area contributed by atoms with Crippen molar-refractivity contribution >= 4 is 5.97 Å². The molecule has 0 aliphatic rings. The fourth-order valence-electron chi connectivity index (χ4n) is 0.836. The van der Waals surface area contributed by atoms with Crippen molar-refractivity contribution in [2.45, 2.75) is 40.2 Å². The smallest absolute Gasteiger partial charge is 0.320 e. The minimum Gasteiger partial charge on any atom is -0.480 e. The number of rotatable bonds is 4. The van der Waals surface area contributed by atoms with Gasteiger partial charge in [0.15, 0.2) is 0 Å². The zero-order valence-corrected chi connectivity index (χ0v) is 8.35. The van der Waals surface area contributed by atoms with Gasteiger partial charge >= 0.3 is 5.97 Å². The number of hydrogen-bond acceptors (Lipinski definition) is 2. The highest BCUT2D eigenvalue weighted by Crippen LogP contribution is 2.11. The molecule has 3 heteroatoms. The average Bonchev–Trinajstić information content (AvgIpc) is 1.85. The van der Waals surface area contributed by atoms with Crippen molar-refractivity contribution < 1.29 is 9.90 Å². The van der Waals surface area contributed by atoms with Gasteiger partial charge in [0, 0.05) is 6.54 Å². The summed E-state index contributed by atoms with van der Waals surface area (Å²) in [4.78, 5) is 10.6. The maximum absolute atomic E-state index is 10.6. The number of hydrogen-bond donors (Lipinski definition) is 2. The van der Waals surface area contributed by atoms with Gasteiger partial charge < -0.3 is 10.4 Å². The van der Waals surface area contributed by atoms with Crippen molar-refractivity contribution in [1.82, 2.24) is 5.32 Å². The summed E-state index contributed by atoms with van der Waals surface area (Å²) in [7, 11) is 0. The lowest BCUT2D eigenvalue weighted by atomic mass is 9.96. The van der Waals surface area contributed by atoms with Crippen LogP contribution in [0.25, 0.3) is 0 Å². The summed E-state index contributed by atoms with van der Waals surface area (Å²) >= 11 is 0. The minimum absolute atomic E-state index is 0.142. The second-order valence-corrected chi connectivity index (χ2v) is 4.24. The van der Waals surface area contributed by atoms with Gasteiger partial charge in [0.25, 0.3) is 0 Å². The molecule has 0 aliphatic heterocycles. The molecule has 0 aromatic heterocycles. The Kier molecular flexibility index (Phi) is 4.24. The molecule has 0 saturated carbocycles. The van der Waals surface area contributed by atoms with Gasteiger partial charge in [0.05, 0.1) is 0 Å². The van der Waals surface area contributed by atoms with Gasteiger partial charge in [-0.3, -0.25) is 4.79 Å². The van der Waals surface area contributed by atoms with Gasteiger partial charge in [-0.2, -0.15) is 0 Å². The zero-order valence-electron chi connectivity index (χ0n) is 8.35. The molecule has 0 heterocycles. The van der Waals surface area contributed by atoms with E-state index in [-0.39, 0.29) is 5.41 Å². The van der Waals surface area contributed by atoms with E-state index in [9.17, 15) is 4.79 Å². The Morgan fingerprint density at radius 2 is 2.00 bits per heavy atom. The summed E-state index contributed by atoms with van der Waals surface area (Å²) in [6.07, 6.45) is 0.630. The third kappa shape index (κ3) is 5.13. The van der Waals surface area contributed by atoms with Crippen LogP contribution in [0.1, 0.15) is 34.1 Å². The highest BCUT2D eigenvalue weighted by Gasteiger charge is 2.17. The van der Waals surface area contributed by atoms with Crippen molar-refractivity contribution in [3.05, 3.63) is 0 Å². The molecular formula is C9H19NO2. The first-order valence-corrected chi connectivity index (χ1v) is 4.33. The molecule has 0 bridgehead atoms. The van der Waals surface area contributed by atoms with E-state index in [1.807, 2.05) is 6.92 Å². The highest BCUT2D eigenvalue weighted by atomic mass is 16.4. The topological polar surface area (TPSA) is 49.3 Å². The first kappa shape index (κ1) is 11.4. The van der Waals surface area contributed by atoms with Gasteiger partial charge in [-0.05, 0) is 11.8 Å². The normalized spacial score (nSPS) is 14.3. The highest BCUT2D eigenvalue weighted by molar-refractivity contribution is 5.73. The Morgan fingerprint density at radius 3 is 2.25 bits per heavy atom. The minimum atomic E-state index is -0.762. The van der Waals surface area contributed by atoms with Gasteiger partial charge in [-0.1, -0.05) is 27.7 Å². The van der Waals surface area contributed by atoms with Crippen LogP contribution in [0, 0.1) is 5.41 Å². The largest absolute Gasteiger partial charge is 0.480 e. The molecule has 0 amide bonds. The molecular weight excluding hydrogens is 154 g/mol. The standard InChI is InChI=1S/C9H19NO2/c1-5-7(8(11)12)10-6-9(2,3)4/h7,10H,5-6H2,1-4H3,(H,11,12)/t7-/m0/s1. The van der Waals surface area contributed by atoms with Crippen LogP contribution < -0.4 is 5.32 Å². The van der Waals surface area contributed by atoms with E-state index >= 15 is 0 Å². The predicted octanol–water partition coefficient (Wildman–Crippen LogP) is 1.49. The van der Waals surface area contributed by atoms with Crippen LogP contribution in [-0.4, -0.2) is 23.7 Å². The summed E-state index contributed by atoms with van der Waals surface area (Å²) in [5.74, 6) is -0.762. The molecule has 0 spiro atoms. The van der Waals surface area contributed by atoms with Gasteiger partial charge in [0.2, 0.25) is 0 Å². The molecule has 0 aliphatic carbocycles. The van der Waals surface area contributed by atoms with Crippen LogP contribution in [-0.2, 0) is 4.79 Å². The maximum atomic E-state index is 10.6. The molecule has 0 aromatic carbocycles. The average molecular weight is 173 g/mol. The summed E-state index contributed by atoms with van der Waals surface area (Å²) < 4.78 is 0. The number of carboxylic acid groups (broad SMARTS) is 1. The molecule has 1 atom stereocenters. The van der Waals surface area contributed by atoms with E-state index in [0.717, 1.165) is 6.54 Å². The van der Waals surface area contributed by atoms with Crippen LogP contribution in [0.3, 0.4) is 0 Å².